The molecule has 0 spiro atoms. The second kappa shape index (κ2) is 6.91. The number of H-pyrrole nitrogens is 2. The summed E-state index contributed by atoms with van der Waals surface area (Å²) in [6.07, 6.45) is 7.06. The molecule has 1 aliphatic rings. The van der Waals surface area contributed by atoms with Crippen LogP contribution >= 0.6 is 0 Å². The van der Waals surface area contributed by atoms with E-state index in [2.05, 4.69) is 61.7 Å². The van der Waals surface area contributed by atoms with Crippen molar-refractivity contribution in [2.75, 3.05) is 0 Å². The molecular formula is C24H23N7. The van der Waals surface area contributed by atoms with Gasteiger partial charge in [0.15, 0.2) is 5.82 Å². The number of aryl methyl sites for hydroxylation is 2. The fraction of sp³-hybridized carbons (Fsp3) is 0.250. The molecule has 0 bridgehead atoms. The zero-order valence-electron chi connectivity index (χ0n) is 17.6. The predicted octanol–water partition coefficient (Wildman–Crippen LogP) is 4.53. The van der Waals surface area contributed by atoms with Gasteiger partial charge in [0.1, 0.15) is 11.6 Å². The van der Waals surface area contributed by atoms with E-state index in [4.69, 9.17) is 4.98 Å². The van der Waals surface area contributed by atoms with Crippen molar-refractivity contribution in [2.45, 2.75) is 32.1 Å². The van der Waals surface area contributed by atoms with Crippen LogP contribution in [0.25, 0.3) is 33.7 Å². The van der Waals surface area contributed by atoms with Crippen molar-refractivity contribution in [3.05, 3.63) is 71.4 Å². The van der Waals surface area contributed by atoms with E-state index in [1.165, 1.54) is 29.4 Å². The van der Waals surface area contributed by atoms with Crippen LogP contribution < -0.4 is 0 Å². The lowest BCUT2D eigenvalue weighted by Crippen LogP contribution is -2.03. The molecule has 0 unspecified atom stereocenters. The number of rotatable bonds is 5. The average molecular weight is 409 g/mol. The van der Waals surface area contributed by atoms with Crippen LogP contribution in [0.5, 0.6) is 0 Å². The molecule has 3 heterocycles. The molecule has 0 radical (unpaired) electrons. The molecule has 3 aromatic heterocycles. The summed E-state index contributed by atoms with van der Waals surface area (Å²) in [5, 5.41) is 13.3. The Morgan fingerprint density at radius 3 is 2.58 bits per heavy atom. The Bertz CT molecular complexity index is 1380. The van der Waals surface area contributed by atoms with Crippen molar-refractivity contribution in [3.8, 4) is 22.8 Å². The number of nitrogens with one attached hydrogen (secondary N) is 2. The molecule has 0 aliphatic heterocycles. The van der Waals surface area contributed by atoms with Gasteiger partial charge in [-0.2, -0.15) is 10.2 Å². The first kappa shape index (κ1) is 18.1. The Kier molecular flexibility index (Phi) is 4.02. The number of imidazole rings is 1. The quantitative estimate of drug-likeness (QED) is 0.447. The van der Waals surface area contributed by atoms with Crippen LogP contribution in [-0.4, -0.2) is 34.9 Å². The molecule has 0 amide bonds. The summed E-state index contributed by atoms with van der Waals surface area (Å²) < 4.78 is 1.90. The van der Waals surface area contributed by atoms with Crippen molar-refractivity contribution in [1.29, 1.82) is 0 Å². The van der Waals surface area contributed by atoms with Gasteiger partial charge in [-0.15, -0.1) is 0 Å². The van der Waals surface area contributed by atoms with Gasteiger partial charge in [0.2, 0.25) is 0 Å². The topological polar surface area (TPSA) is 88.1 Å². The maximum Gasteiger partial charge on any atom is 0.181 e. The highest BCUT2D eigenvalue weighted by atomic mass is 15.3. The summed E-state index contributed by atoms with van der Waals surface area (Å²) in [6.45, 7) is 2.00. The first-order valence-corrected chi connectivity index (χ1v) is 10.6. The van der Waals surface area contributed by atoms with E-state index in [9.17, 15) is 0 Å². The van der Waals surface area contributed by atoms with Gasteiger partial charge in [0, 0.05) is 41.9 Å². The highest BCUT2D eigenvalue weighted by molar-refractivity contribution is 5.84. The van der Waals surface area contributed by atoms with Crippen LogP contribution in [0, 0.1) is 6.92 Å². The molecule has 0 saturated heterocycles. The normalized spacial score (nSPS) is 13.9. The largest absolute Gasteiger partial charge is 0.342 e. The van der Waals surface area contributed by atoms with E-state index in [0.29, 0.717) is 5.92 Å². The molecule has 0 atom stereocenters. The number of nitrogens with zero attached hydrogens (tertiary/aromatic N) is 5. The summed E-state index contributed by atoms with van der Waals surface area (Å²) >= 11 is 0. The van der Waals surface area contributed by atoms with Crippen molar-refractivity contribution >= 4 is 10.9 Å². The van der Waals surface area contributed by atoms with Gasteiger partial charge in [-0.05, 0) is 42.9 Å². The van der Waals surface area contributed by atoms with Crippen molar-refractivity contribution in [1.82, 2.24) is 34.9 Å². The molecule has 6 rings (SSSR count). The smallest absolute Gasteiger partial charge is 0.181 e. The minimum Gasteiger partial charge on any atom is -0.342 e. The molecule has 7 heteroatoms. The molecule has 31 heavy (non-hydrogen) atoms. The van der Waals surface area contributed by atoms with Gasteiger partial charge in [-0.25, -0.2) is 9.97 Å². The second-order valence-corrected chi connectivity index (χ2v) is 8.39. The third kappa shape index (κ3) is 3.22. The third-order valence-corrected chi connectivity index (χ3v) is 6.06. The van der Waals surface area contributed by atoms with Crippen LogP contribution in [0.15, 0.2) is 48.8 Å². The Labute approximate surface area is 179 Å². The summed E-state index contributed by atoms with van der Waals surface area (Å²) in [6, 6.07) is 12.6. The molecule has 1 aliphatic carbocycles. The van der Waals surface area contributed by atoms with E-state index in [0.717, 1.165) is 46.2 Å². The monoisotopic (exact) mass is 409 g/mol. The average Bonchev–Trinajstić information content (AvgIpc) is 3.15. The minimum absolute atomic E-state index is 0.641. The zero-order chi connectivity index (χ0) is 20.9. The molecule has 1 saturated carbocycles. The Balaban J connectivity index is 1.31. The lowest BCUT2D eigenvalue weighted by atomic mass is 9.97. The van der Waals surface area contributed by atoms with E-state index in [1.54, 1.807) is 0 Å². The zero-order valence-corrected chi connectivity index (χ0v) is 17.6. The number of hydrogen-bond acceptors (Lipinski definition) is 4. The van der Waals surface area contributed by atoms with Crippen LogP contribution in [-0.2, 0) is 13.5 Å². The first-order chi connectivity index (χ1) is 15.2. The maximum atomic E-state index is 4.88. The highest BCUT2D eigenvalue weighted by Crippen LogP contribution is 2.45. The van der Waals surface area contributed by atoms with Gasteiger partial charge < -0.3 is 4.98 Å². The lowest BCUT2D eigenvalue weighted by molar-refractivity contribution is 0.716. The third-order valence-electron chi connectivity index (χ3n) is 6.06. The van der Waals surface area contributed by atoms with E-state index < -0.39 is 0 Å². The van der Waals surface area contributed by atoms with Crippen LogP contribution in [0.2, 0.25) is 0 Å². The summed E-state index contributed by atoms with van der Waals surface area (Å²) in [5.41, 5.74) is 6.96. The Hall–Kier alpha value is -3.74. The minimum atomic E-state index is 0.641. The molecule has 7 nitrogen and oxygen atoms in total. The van der Waals surface area contributed by atoms with E-state index in [1.807, 2.05) is 31.0 Å². The SMILES string of the molecule is Cc1cnc(-c2ccc(-c3nc(Cc4ccc5[nH]ncc5c4C4CC4)n(C)n3)cc2)[nH]1. The number of hydrogen-bond donors (Lipinski definition) is 2. The van der Waals surface area contributed by atoms with E-state index in [-0.39, 0.29) is 0 Å². The first-order valence-electron chi connectivity index (χ1n) is 10.6. The van der Waals surface area contributed by atoms with Crippen LogP contribution in [0.1, 0.15) is 41.4 Å². The van der Waals surface area contributed by atoms with E-state index >= 15 is 0 Å². The Morgan fingerprint density at radius 1 is 1.03 bits per heavy atom. The standard InChI is InChI=1S/C24H23N7/c1-14-12-25-23(27-14)16-5-7-17(8-6-16)24-28-21(31(2)30-24)11-18-9-10-20-19(13-26-29-20)22(18)15-3-4-15/h5-10,12-13,15H,3-4,11H2,1-2H3,(H,25,27)(H,26,29). The van der Waals surface area contributed by atoms with Crippen LogP contribution in [0.3, 0.4) is 0 Å². The van der Waals surface area contributed by atoms with Gasteiger partial charge in [0.05, 0.1) is 11.7 Å². The fourth-order valence-corrected chi connectivity index (χ4v) is 4.29. The van der Waals surface area contributed by atoms with Gasteiger partial charge >= 0.3 is 0 Å². The van der Waals surface area contributed by atoms with Gasteiger partial charge in [0.25, 0.3) is 0 Å². The molecule has 2 aromatic carbocycles. The van der Waals surface area contributed by atoms with Gasteiger partial charge in [-0.1, -0.05) is 30.3 Å². The second-order valence-electron chi connectivity index (χ2n) is 8.39. The van der Waals surface area contributed by atoms with Gasteiger partial charge in [-0.3, -0.25) is 9.78 Å². The van der Waals surface area contributed by atoms with Crippen LogP contribution in [0.4, 0.5) is 0 Å². The Morgan fingerprint density at radius 2 is 1.84 bits per heavy atom. The fourth-order valence-electron chi connectivity index (χ4n) is 4.29. The lowest BCUT2D eigenvalue weighted by Gasteiger charge is -2.09. The highest BCUT2D eigenvalue weighted by Gasteiger charge is 2.29. The summed E-state index contributed by atoms with van der Waals surface area (Å²) in [4.78, 5) is 12.5. The van der Waals surface area contributed by atoms with Crippen molar-refractivity contribution < 1.29 is 0 Å². The molecule has 1 fully saturated rings. The van der Waals surface area contributed by atoms with Crippen molar-refractivity contribution in [3.63, 3.8) is 0 Å². The molecule has 5 aromatic rings. The predicted molar refractivity (Wildman–Crippen MR) is 120 cm³/mol. The maximum absolute atomic E-state index is 4.88. The van der Waals surface area contributed by atoms with Crippen molar-refractivity contribution in [2.24, 2.45) is 7.05 Å². The summed E-state index contributed by atoms with van der Waals surface area (Å²) in [7, 11) is 1.97. The molecular weight excluding hydrogens is 386 g/mol. The molecule has 2 N–H and O–H groups in total. The number of aromatic amines is 2. The number of aromatic nitrogens is 7. The number of fused-ring (bicyclic) bond motifs is 1. The molecule has 154 valence electrons. The summed E-state index contributed by atoms with van der Waals surface area (Å²) in [5.74, 6) is 3.23. The number of benzene rings is 2.